The van der Waals surface area contributed by atoms with Crippen LogP contribution < -0.4 is 9.64 Å². The lowest BCUT2D eigenvalue weighted by Gasteiger charge is -2.35. The zero-order chi connectivity index (χ0) is 19.2. The summed E-state index contributed by atoms with van der Waals surface area (Å²) in [4.78, 5) is 31.1. The number of nitrogens with zero attached hydrogens (tertiary/aromatic N) is 3. The maximum Gasteiger partial charge on any atom is 0.308 e. The number of anilines is 1. The number of hydrogen-bond acceptors (Lipinski definition) is 5. The van der Waals surface area contributed by atoms with Gasteiger partial charge in [-0.1, -0.05) is 18.2 Å². The van der Waals surface area contributed by atoms with Crippen LogP contribution in [0.25, 0.3) is 12.2 Å². The quantitative estimate of drug-likeness (QED) is 0.616. The molecule has 6 heteroatoms. The summed E-state index contributed by atoms with van der Waals surface area (Å²) in [6, 6.07) is 11.4. The molecule has 0 saturated carbocycles. The summed E-state index contributed by atoms with van der Waals surface area (Å²) in [5.41, 5.74) is 2.84. The van der Waals surface area contributed by atoms with E-state index in [1.165, 1.54) is 6.92 Å². The van der Waals surface area contributed by atoms with Gasteiger partial charge in [-0.15, -0.1) is 0 Å². The van der Waals surface area contributed by atoms with E-state index in [2.05, 4.69) is 9.88 Å². The third kappa shape index (κ3) is 5.17. The molecule has 0 spiro atoms. The molecule has 0 radical (unpaired) electrons. The Kier molecular flexibility index (Phi) is 5.86. The number of esters is 1. The molecule has 2 heterocycles. The predicted octanol–water partition coefficient (Wildman–Crippen LogP) is 2.85. The molecule has 1 aromatic heterocycles. The van der Waals surface area contributed by atoms with Crippen molar-refractivity contribution in [1.82, 2.24) is 9.88 Å². The number of benzene rings is 1. The Balaban J connectivity index is 1.62. The average molecular weight is 365 g/mol. The van der Waals surface area contributed by atoms with Crippen molar-refractivity contribution in [3.05, 3.63) is 53.9 Å². The van der Waals surface area contributed by atoms with Crippen molar-refractivity contribution in [2.45, 2.75) is 13.8 Å². The van der Waals surface area contributed by atoms with Crippen LogP contribution in [-0.2, 0) is 9.59 Å². The highest BCUT2D eigenvalue weighted by molar-refractivity contribution is 5.74. The largest absolute Gasteiger partial charge is 0.427 e. The summed E-state index contributed by atoms with van der Waals surface area (Å²) in [7, 11) is 0. The lowest BCUT2D eigenvalue weighted by Crippen LogP contribution is -2.48. The van der Waals surface area contributed by atoms with E-state index in [-0.39, 0.29) is 11.9 Å². The fourth-order valence-corrected chi connectivity index (χ4v) is 2.99. The molecule has 1 aromatic carbocycles. The summed E-state index contributed by atoms with van der Waals surface area (Å²) >= 11 is 0. The topological polar surface area (TPSA) is 62.7 Å². The van der Waals surface area contributed by atoms with Crippen LogP contribution in [0.3, 0.4) is 0 Å². The van der Waals surface area contributed by atoms with E-state index in [4.69, 9.17) is 4.74 Å². The van der Waals surface area contributed by atoms with Crippen molar-refractivity contribution in [3.8, 4) is 5.75 Å². The average Bonchev–Trinajstić information content (AvgIpc) is 2.67. The second kappa shape index (κ2) is 8.49. The molecule has 1 amide bonds. The first kappa shape index (κ1) is 18.6. The van der Waals surface area contributed by atoms with Crippen LogP contribution in [0.4, 0.5) is 5.69 Å². The van der Waals surface area contributed by atoms with Crippen LogP contribution in [-0.4, -0.2) is 47.9 Å². The normalized spacial score (nSPS) is 14.4. The third-order valence-corrected chi connectivity index (χ3v) is 4.43. The molecule has 3 rings (SSSR count). The minimum atomic E-state index is -0.336. The first-order chi connectivity index (χ1) is 13.0. The van der Waals surface area contributed by atoms with Crippen molar-refractivity contribution in [3.63, 3.8) is 0 Å². The minimum Gasteiger partial charge on any atom is -0.427 e. The summed E-state index contributed by atoms with van der Waals surface area (Å²) < 4.78 is 5.09. The van der Waals surface area contributed by atoms with E-state index in [0.717, 1.165) is 43.1 Å². The SMILES string of the molecule is CC(=O)Oc1cccc(C=Cc2ccc(N3CCN(C(C)=O)CC3)cn2)c1. The Morgan fingerprint density at radius 3 is 2.44 bits per heavy atom. The fourth-order valence-electron chi connectivity index (χ4n) is 2.99. The van der Waals surface area contributed by atoms with Gasteiger partial charge in [0, 0.05) is 40.0 Å². The number of hydrogen-bond donors (Lipinski definition) is 0. The monoisotopic (exact) mass is 365 g/mol. The fraction of sp³-hybridized carbons (Fsp3) is 0.286. The first-order valence-electron chi connectivity index (χ1n) is 8.94. The summed E-state index contributed by atoms with van der Waals surface area (Å²) in [5.74, 6) is 0.321. The maximum atomic E-state index is 11.4. The highest BCUT2D eigenvalue weighted by Crippen LogP contribution is 2.18. The zero-order valence-corrected chi connectivity index (χ0v) is 15.6. The van der Waals surface area contributed by atoms with Crippen molar-refractivity contribution in [2.75, 3.05) is 31.1 Å². The molecule has 6 nitrogen and oxygen atoms in total. The number of ether oxygens (including phenoxy) is 1. The number of amides is 1. The summed E-state index contributed by atoms with van der Waals surface area (Å²) in [6.45, 7) is 6.12. The van der Waals surface area contributed by atoms with Crippen LogP contribution in [0.2, 0.25) is 0 Å². The van der Waals surface area contributed by atoms with E-state index in [1.54, 1.807) is 19.1 Å². The Bertz CT molecular complexity index is 838. The van der Waals surface area contributed by atoms with Crippen LogP contribution in [0, 0.1) is 0 Å². The van der Waals surface area contributed by atoms with Crippen molar-refractivity contribution < 1.29 is 14.3 Å². The van der Waals surface area contributed by atoms with Gasteiger partial charge < -0.3 is 14.5 Å². The van der Waals surface area contributed by atoms with Crippen LogP contribution in [0.5, 0.6) is 5.75 Å². The van der Waals surface area contributed by atoms with E-state index < -0.39 is 0 Å². The summed E-state index contributed by atoms with van der Waals surface area (Å²) in [6.07, 6.45) is 5.71. The molecule has 0 N–H and O–H groups in total. The van der Waals surface area contributed by atoms with Gasteiger partial charge >= 0.3 is 5.97 Å². The number of carbonyl (C=O) groups is 2. The van der Waals surface area contributed by atoms with Crippen LogP contribution in [0.15, 0.2) is 42.6 Å². The van der Waals surface area contributed by atoms with Gasteiger partial charge in [-0.2, -0.15) is 0 Å². The van der Waals surface area contributed by atoms with Gasteiger partial charge in [-0.05, 0) is 35.9 Å². The zero-order valence-electron chi connectivity index (χ0n) is 15.6. The standard InChI is InChI=1S/C21H23N3O3/c1-16(25)23-10-12-24(13-11-23)20-9-8-19(22-15-20)7-6-18-4-3-5-21(14-18)27-17(2)26/h3-9,14-15H,10-13H2,1-2H3. The molecular weight excluding hydrogens is 342 g/mol. The number of piperazine rings is 1. The smallest absolute Gasteiger partial charge is 0.308 e. The highest BCUT2D eigenvalue weighted by Gasteiger charge is 2.18. The predicted molar refractivity (Wildman–Crippen MR) is 105 cm³/mol. The molecule has 1 aliphatic heterocycles. The van der Waals surface area contributed by atoms with Gasteiger partial charge in [0.25, 0.3) is 0 Å². The number of rotatable bonds is 4. The second-order valence-corrected chi connectivity index (χ2v) is 6.43. The highest BCUT2D eigenvalue weighted by atomic mass is 16.5. The van der Waals surface area contributed by atoms with E-state index in [1.807, 2.05) is 47.5 Å². The van der Waals surface area contributed by atoms with Crippen molar-refractivity contribution in [2.24, 2.45) is 0 Å². The molecule has 2 aromatic rings. The number of carbonyl (C=O) groups excluding carboxylic acids is 2. The second-order valence-electron chi connectivity index (χ2n) is 6.43. The lowest BCUT2D eigenvalue weighted by molar-refractivity contribution is -0.132. The van der Waals surface area contributed by atoms with Gasteiger partial charge in [0.2, 0.25) is 5.91 Å². The Morgan fingerprint density at radius 1 is 1.04 bits per heavy atom. The van der Waals surface area contributed by atoms with Gasteiger partial charge in [0.15, 0.2) is 0 Å². The minimum absolute atomic E-state index is 0.131. The molecular formula is C21H23N3O3. The molecule has 27 heavy (non-hydrogen) atoms. The Hall–Kier alpha value is -3.15. The van der Waals surface area contributed by atoms with Gasteiger partial charge in [-0.3, -0.25) is 14.6 Å². The van der Waals surface area contributed by atoms with Gasteiger partial charge in [-0.25, -0.2) is 0 Å². The molecule has 140 valence electrons. The molecule has 0 aliphatic carbocycles. The molecule has 1 fully saturated rings. The molecule has 1 aliphatic rings. The van der Waals surface area contributed by atoms with Crippen LogP contribution in [0.1, 0.15) is 25.1 Å². The van der Waals surface area contributed by atoms with Gasteiger partial charge in [0.1, 0.15) is 5.75 Å². The Labute approximate surface area is 159 Å². The van der Waals surface area contributed by atoms with E-state index in [0.29, 0.717) is 5.75 Å². The van der Waals surface area contributed by atoms with Crippen LogP contribution >= 0.6 is 0 Å². The molecule has 0 atom stereocenters. The van der Waals surface area contributed by atoms with Gasteiger partial charge in [0.05, 0.1) is 17.6 Å². The van der Waals surface area contributed by atoms with E-state index in [9.17, 15) is 9.59 Å². The first-order valence-corrected chi connectivity index (χ1v) is 8.94. The molecule has 0 bridgehead atoms. The third-order valence-electron chi connectivity index (χ3n) is 4.43. The van der Waals surface area contributed by atoms with Crippen molar-refractivity contribution >= 4 is 29.7 Å². The maximum absolute atomic E-state index is 11.4. The molecule has 1 saturated heterocycles. The van der Waals surface area contributed by atoms with Crippen molar-refractivity contribution in [1.29, 1.82) is 0 Å². The number of aromatic nitrogens is 1. The summed E-state index contributed by atoms with van der Waals surface area (Å²) in [5, 5.41) is 0. The lowest BCUT2D eigenvalue weighted by atomic mass is 10.2. The Morgan fingerprint density at radius 2 is 1.81 bits per heavy atom. The molecule has 0 unspecified atom stereocenters. The van der Waals surface area contributed by atoms with E-state index >= 15 is 0 Å². The number of pyridine rings is 1.